The van der Waals surface area contributed by atoms with Crippen molar-refractivity contribution in [2.24, 2.45) is 5.14 Å². The van der Waals surface area contributed by atoms with Gasteiger partial charge in [0.1, 0.15) is 5.75 Å². The molecule has 3 N–H and O–H groups in total. The van der Waals surface area contributed by atoms with Crippen LogP contribution in [-0.4, -0.2) is 34.0 Å². The zero-order valence-electron chi connectivity index (χ0n) is 16.0. The summed E-state index contributed by atoms with van der Waals surface area (Å²) in [5, 5.41) is 7.71. The van der Waals surface area contributed by atoms with Gasteiger partial charge in [0.05, 0.1) is 18.0 Å². The molecule has 0 radical (unpaired) electrons. The van der Waals surface area contributed by atoms with E-state index in [-0.39, 0.29) is 4.90 Å². The van der Waals surface area contributed by atoms with Crippen LogP contribution in [0.4, 0.5) is 0 Å². The molecular formula is C20H22N2O6S. The van der Waals surface area contributed by atoms with Crippen LogP contribution in [0.5, 0.6) is 5.75 Å². The summed E-state index contributed by atoms with van der Waals surface area (Å²) in [5.41, 5.74) is 1.46. The number of primary sulfonamides is 1. The molecule has 0 aliphatic heterocycles. The lowest BCUT2D eigenvalue weighted by atomic mass is 10.1. The summed E-state index contributed by atoms with van der Waals surface area (Å²) < 4.78 is 32.5. The van der Waals surface area contributed by atoms with Crippen LogP contribution in [0.15, 0.2) is 59.5 Å². The molecule has 0 saturated carbocycles. The van der Waals surface area contributed by atoms with Gasteiger partial charge >= 0.3 is 5.97 Å². The third-order valence-corrected chi connectivity index (χ3v) is 4.89. The quantitative estimate of drug-likeness (QED) is 0.497. The fraction of sp³-hybridized carbons (Fsp3) is 0.200. The molecule has 0 aliphatic rings. The Balaban J connectivity index is 1.82. The molecule has 154 valence electrons. The van der Waals surface area contributed by atoms with Crippen molar-refractivity contribution >= 4 is 28.0 Å². The van der Waals surface area contributed by atoms with Gasteiger partial charge in [0, 0.05) is 6.08 Å². The maximum absolute atomic E-state index is 12.0. The van der Waals surface area contributed by atoms with Crippen LogP contribution in [0.1, 0.15) is 24.1 Å². The smallest absolute Gasteiger partial charge is 0.331 e. The van der Waals surface area contributed by atoms with Crippen LogP contribution in [0.2, 0.25) is 0 Å². The normalized spacial score (nSPS) is 12.4. The Morgan fingerprint density at radius 3 is 2.28 bits per heavy atom. The summed E-state index contributed by atoms with van der Waals surface area (Å²) >= 11 is 0. The number of hydrogen-bond donors (Lipinski definition) is 2. The Morgan fingerprint density at radius 1 is 1.10 bits per heavy atom. The number of ether oxygens (including phenoxy) is 2. The average molecular weight is 418 g/mol. The van der Waals surface area contributed by atoms with Crippen molar-refractivity contribution in [2.75, 3.05) is 13.7 Å². The Morgan fingerprint density at radius 2 is 1.72 bits per heavy atom. The van der Waals surface area contributed by atoms with Crippen molar-refractivity contribution < 1.29 is 27.5 Å². The van der Waals surface area contributed by atoms with Crippen LogP contribution >= 0.6 is 0 Å². The number of carbonyl (C=O) groups is 2. The minimum atomic E-state index is -3.77. The number of methoxy groups -OCH3 is 1. The maximum Gasteiger partial charge on any atom is 0.331 e. The Bertz CT molecular complexity index is 983. The van der Waals surface area contributed by atoms with Crippen LogP contribution < -0.4 is 15.2 Å². The molecular weight excluding hydrogens is 396 g/mol. The van der Waals surface area contributed by atoms with E-state index in [1.807, 2.05) is 0 Å². The number of amides is 1. The van der Waals surface area contributed by atoms with Gasteiger partial charge in [-0.3, -0.25) is 4.79 Å². The highest BCUT2D eigenvalue weighted by Crippen LogP contribution is 2.15. The number of benzene rings is 2. The number of rotatable bonds is 8. The largest absolute Gasteiger partial charge is 0.497 e. The third-order valence-electron chi connectivity index (χ3n) is 3.96. The highest BCUT2D eigenvalue weighted by atomic mass is 32.2. The minimum Gasteiger partial charge on any atom is -0.497 e. The fourth-order valence-electron chi connectivity index (χ4n) is 2.38. The van der Waals surface area contributed by atoms with Crippen molar-refractivity contribution in [3.8, 4) is 5.75 Å². The summed E-state index contributed by atoms with van der Waals surface area (Å²) in [7, 11) is -2.21. The lowest BCUT2D eigenvalue weighted by Gasteiger charge is -2.14. The third kappa shape index (κ3) is 7.05. The lowest BCUT2D eigenvalue weighted by molar-refractivity contribution is -0.144. The van der Waals surface area contributed by atoms with Gasteiger partial charge < -0.3 is 14.8 Å². The highest BCUT2D eigenvalue weighted by Gasteiger charge is 2.13. The van der Waals surface area contributed by atoms with Gasteiger partial charge in [-0.25, -0.2) is 18.4 Å². The predicted molar refractivity (Wildman–Crippen MR) is 107 cm³/mol. The summed E-state index contributed by atoms with van der Waals surface area (Å²) in [5.74, 6) is -0.435. The summed E-state index contributed by atoms with van der Waals surface area (Å²) in [6.07, 6.45) is 2.79. The van der Waals surface area contributed by atoms with Gasteiger partial charge in [-0.15, -0.1) is 0 Å². The van der Waals surface area contributed by atoms with E-state index in [1.165, 1.54) is 18.2 Å². The van der Waals surface area contributed by atoms with Crippen LogP contribution in [0.25, 0.3) is 6.08 Å². The Hall–Kier alpha value is -3.17. The molecule has 0 aromatic heterocycles. The summed E-state index contributed by atoms with van der Waals surface area (Å²) in [6, 6.07) is 12.5. The van der Waals surface area contributed by atoms with Crippen LogP contribution in [-0.2, 0) is 24.3 Å². The Kier molecular flexibility index (Phi) is 7.52. The second-order valence-electron chi connectivity index (χ2n) is 6.12. The van der Waals surface area contributed by atoms with Crippen molar-refractivity contribution in [2.45, 2.75) is 17.9 Å². The molecule has 0 bridgehead atoms. The number of sulfonamides is 1. The van der Waals surface area contributed by atoms with E-state index < -0.39 is 34.5 Å². The zero-order chi connectivity index (χ0) is 21.4. The highest BCUT2D eigenvalue weighted by molar-refractivity contribution is 7.89. The lowest BCUT2D eigenvalue weighted by Crippen LogP contribution is -2.30. The summed E-state index contributed by atoms with van der Waals surface area (Å²) in [4.78, 5) is 23.7. The molecule has 2 rings (SSSR count). The standard InChI is InChI=1S/C20H22N2O6S/c1-14(16-6-10-18(11-7-16)29(21,25)26)22-19(23)13-28-20(24)12-5-15-3-8-17(27-2)9-4-15/h3-12,14H,13H2,1-2H3,(H,22,23)(H2,21,25,26)/b12-5+/t14-/m0/s1. The molecule has 2 aromatic carbocycles. The van der Waals surface area contributed by atoms with Crippen molar-refractivity contribution in [1.29, 1.82) is 0 Å². The van der Waals surface area contributed by atoms with E-state index in [2.05, 4.69) is 5.32 Å². The van der Waals surface area contributed by atoms with E-state index in [0.29, 0.717) is 11.3 Å². The van der Waals surface area contributed by atoms with Crippen LogP contribution in [0, 0.1) is 0 Å². The van der Waals surface area contributed by atoms with E-state index >= 15 is 0 Å². The van der Waals surface area contributed by atoms with Crippen molar-refractivity contribution in [3.63, 3.8) is 0 Å². The van der Waals surface area contributed by atoms with Gasteiger partial charge in [0.2, 0.25) is 10.0 Å². The first-order valence-electron chi connectivity index (χ1n) is 8.60. The molecule has 0 heterocycles. The van der Waals surface area contributed by atoms with Crippen molar-refractivity contribution in [1.82, 2.24) is 5.32 Å². The molecule has 29 heavy (non-hydrogen) atoms. The second-order valence-corrected chi connectivity index (χ2v) is 7.68. The maximum atomic E-state index is 12.0. The van der Waals surface area contributed by atoms with Crippen LogP contribution in [0.3, 0.4) is 0 Å². The molecule has 1 amide bonds. The van der Waals surface area contributed by atoms with Gasteiger partial charge in [-0.05, 0) is 48.4 Å². The van der Waals surface area contributed by atoms with E-state index in [0.717, 1.165) is 5.56 Å². The second kappa shape index (κ2) is 9.85. The zero-order valence-corrected chi connectivity index (χ0v) is 16.8. The first-order chi connectivity index (χ1) is 13.7. The molecule has 9 heteroatoms. The van der Waals surface area contributed by atoms with Gasteiger partial charge in [-0.2, -0.15) is 0 Å². The molecule has 1 atom stereocenters. The molecule has 0 aliphatic carbocycles. The minimum absolute atomic E-state index is 0.0163. The molecule has 0 fully saturated rings. The summed E-state index contributed by atoms with van der Waals surface area (Å²) in [6.45, 7) is 1.28. The van der Waals surface area contributed by atoms with E-state index in [9.17, 15) is 18.0 Å². The van der Waals surface area contributed by atoms with Crippen molar-refractivity contribution in [3.05, 3.63) is 65.7 Å². The number of nitrogens with two attached hydrogens (primary N) is 1. The monoisotopic (exact) mass is 418 g/mol. The first-order valence-corrected chi connectivity index (χ1v) is 10.1. The molecule has 0 spiro atoms. The first kappa shape index (κ1) is 22.1. The number of hydrogen-bond acceptors (Lipinski definition) is 6. The fourth-order valence-corrected chi connectivity index (χ4v) is 2.89. The number of esters is 1. The number of carbonyl (C=O) groups excluding carboxylic acids is 2. The molecule has 8 nitrogen and oxygen atoms in total. The average Bonchev–Trinajstić information content (AvgIpc) is 2.70. The van der Waals surface area contributed by atoms with E-state index in [4.69, 9.17) is 14.6 Å². The molecule has 0 unspecified atom stereocenters. The predicted octanol–water partition coefficient (Wildman–Crippen LogP) is 1.78. The SMILES string of the molecule is COc1ccc(/C=C/C(=O)OCC(=O)N[C@@H](C)c2ccc(S(N)(=O)=O)cc2)cc1. The topological polar surface area (TPSA) is 125 Å². The van der Waals surface area contributed by atoms with Gasteiger partial charge in [0.25, 0.3) is 5.91 Å². The molecule has 2 aromatic rings. The number of nitrogens with one attached hydrogen (secondary N) is 1. The van der Waals surface area contributed by atoms with Gasteiger partial charge in [-0.1, -0.05) is 24.3 Å². The van der Waals surface area contributed by atoms with E-state index in [1.54, 1.807) is 56.5 Å². The Labute approximate surface area is 169 Å². The van der Waals surface area contributed by atoms with Gasteiger partial charge in [0.15, 0.2) is 6.61 Å². The molecule has 0 saturated heterocycles.